The lowest BCUT2D eigenvalue weighted by Crippen LogP contribution is -2.58. The van der Waals surface area contributed by atoms with Crippen LogP contribution in [0.3, 0.4) is 0 Å². The topological polar surface area (TPSA) is 158 Å². The van der Waals surface area contributed by atoms with Gasteiger partial charge in [0.15, 0.2) is 23.0 Å². The van der Waals surface area contributed by atoms with E-state index in [1.165, 1.54) is 7.11 Å². The third-order valence-corrected chi connectivity index (χ3v) is 6.56. The van der Waals surface area contributed by atoms with Crippen LogP contribution in [0.25, 0.3) is 0 Å². The average molecular weight is 493 g/mol. The number of phenols is 1. The van der Waals surface area contributed by atoms with Gasteiger partial charge >= 0.3 is 0 Å². The Labute approximate surface area is 202 Å². The molecule has 2 aliphatic rings. The van der Waals surface area contributed by atoms with E-state index in [1.807, 2.05) is 6.07 Å². The van der Waals surface area contributed by atoms with E-state index in [9.17, 15) is 25.5 Å². The van der Waals surface area contributed by atoms with E-state index >= 15 is 0 Å². The number of aryl methyl sites for hydroxylation is 1. The van der Waals surface area contributed by atoms with Crippen LogP contribution >= 0.6 is 0 Å². The van der Waals surface area contributed by atoms with E-state index in [0.29, 0.717) is 35.5 Å². The highest BCUT2D eigenvalue weighted by Crippen LogP contribution is 2.51. The maximum absolute atomic E-state index is 10.5. The predicted octanol–water partition coefficient (Wildman–Crippen LogP) is 0.742. The number of hydrogen-bond acceptors (Lipinski definition) is 10. The maximum atomic E-state index is 10.5. The molecule has 2 heterocycles. The number of hydrogen-bond donors (Lipinski definition) is 6. The number of aliphatic hydroxyl groups is 5. The third kappa shape index (κ3) is 4.90. The van der Waals surface area contributed by atoms with Crippen LogP contribution in [0.15, 0.2) is 30.3 Å². The minimum atomic E-state index is -1.47. The van der Waals surface area contributed by atoms with Crippen molar-refractivity contribution < 1.29 is 49.6 Å². The Morgan fingerprint density at radius 2 is 1.74 bits per heavy atom. The molecule has 0 unspecified atom stereocenters. The molecule has 0 radical (unpaired) electrons. The van der Waals surface area contributed by atoms with Crippen molar-refractivity contribution in [1.29, 1.82) is 0 Å². The van der Waals surface area contributed by atoms with Gasteiger partial charge in [-0.2, -0.15) is 0 Å². The van der Waals surface area contributed by atoms with Crippen molar-refractivity contribution in [1.82, 2.24) is 0 Å². The molecule has 6 N–H and O–H groups in total. The Bertz CT molecular complexity index is 1030. The Morgan fingerprint density at radius 1 is 0.971 bits per heavy atom. The molecule has 0 aromatic heterocycles. The van der Waals surface area contributed by atoms with Crippen LogP contribution in [0.1, 0.15) is 42.1 Å². The van der Waals surface area contributed by atoms with Crippen molar-refractivity contribution in [3.05, 3.63) is 47.0 Å². The second kappa shape index (κ2) is 10.6. The molecule has 4 rings (SSSR count). The summed E-state index contributed by atoms with van der Waals surface area (Å²) in [6, 6.07) is 8.46. The van der Waals surface area contributed by atoms with Crippen LogP contribution < -0.4 is 14.2 Å². The van der Waals surface area contributed by atoms with Gasteiger partial charge in [0.05, 0.1) is 25.7 Å². The summed E-state index contributed by atoms with van der Waals surface area (Å²) in [7, 11) is 1.44. The van der Waals surface area contributed by atoms with Gasteiger partial charge in [-0.05, 0) is 49.1 Å². The van der Waals surface area contributed by atoms with Crippen molar-refractivity contribution in [2.24, 2.45) is 0 Å². The van der Waals surface area contributed by atoms with Gasteiger partial charge in [-0.15, -0.1) is 0 Å². The smallest absolute Gasteiger partial charge is 0.229 e. The summed E-state index contributed by atoms with van der Waals surface area (Å²) < 4.78 is 22.8. The number of benzene rings is 2. The van der Waals surface area contributed by atoms with Crippen molar-refractivity contribution >= 4 is 0 Å². The van der Waals surface area contributed by atoms with Gasteiger partial charge in [-0.25, -0.2) is 0 Å². The number of aliphatic hydroxyl groups excluding tert-OH is 5. The summed E-state index contributed by atoms with van der Waals surface area (Å²) in [6.45, 7) is 1.38. The molecule has 2 aromatic rings. The first-order chi connectivity index (χ1) is 16.8. The third-order valence-electron chi connectivity index (χ3n) is 6.56. The summed E-state index contributed by atoms with van der Waals surface area (Å²) >= 11 is 0. The summed E-state index contributed by atoms with van der Waals surface area (Å²) in [4.78, 5) is 0. The Hall–Kier alpha value is -2.60. The molecular weight excluding hydrogens is 460 g/mol. The van der Waals surface area contributed by atoms with E-state index in [2.05, 4.69) is 0 Å². The number of phenolic OH excluding ortho intramolecular Hbond substituents is 1. The molecule has 1 saturated heterocycles. The number of fused-ring (bicyclic) bond motifs is 1. The highest BCUT2D eigenvalue weighted by molar-refractivity contribution is 5.55. The molecule has 0 amide bonds. The molecule has 7 atom stereocenters. The maximum Gasteiger partial charge on any atom is 0.229 e. The molecule has 2 aliphatic heterocycles. The normalized spacial score (nSPS) is 30.0. The van der Waals surface area contributed by atoms with Crippen molar-refractivity contribution in [3.63, 3.8) is 0 Å². The number of aromatic hydroxyl groups is 1. The van der Waals surface area contributed by atoms with E-state index < -0.39 is 42.7 Å². The molecular formula is C25H32O10. The van der Waals surface area contributed by atoms with E-state index in [1.54, 1.807) is 31.2 Å². The lowest BCUT2D eigenvalue weighted by atomic mass is 9.90. The van der Waals surface area contributed by atoms with Crippen LogP contribution in [0, 0.1) is 0 Å². The molecule has 10 heteroatoms. The molecule has 35 heavy (non-hydrogen) atoms. The van der Waals surface area contributed by atoms with Gasteiger partial charge in [0.25, 0.3) is 0 Å². The van der Waals surface area contributed by atoms with E-state index in [-0.39, 0.29) is 24.7 Å². The van der Waals surface area contributed by atoms with Gasteiger partial charge in [0.2, 0.25) is 6.29 Å². The first-order valence-corrected chi connectivity index (χ1v) is 11.6. The fourth-order valence-corrected chi connectivity index (χ4v) is 4.59. The second-order valence-corrected chi connectivity index (χ2v) is 8.90. The van der Waals surface area contributed by atoms with Crippen LogP contribution in [0.4, 0.5) is 0 Å². The Morgan fingerprint density at radius 3 is 2.43 bits per heavy atom. The van der Waals surface area contributed by atoms with Gasteiger partial charge in [-0.1, -0.05) is 12.1 Å². The first kappa shape index (κ1) is 25.5. The molecule has 2 aromatic carbocycles. The van der Waals surface area contributed by atoms with Crippen molar-refractivity contribution in [2.45, 2.75) is 62.5 Å². The van der Waals surface area contributed by atoms with Gasteiger partial charge in [0, 0.05) is 12.2 Å². The number of rotatable bonds is 8. The predicted molar refractivity (Wildman–Crippen MR) is 123 cm³/mol. The monoisotopic (exact) mass is 492 g/mol. The highest BCUT2D eigenvalue weighted by atomic mass is 16.7. The fourth-order valence-electron chi connectivity index (χ4n) is 4.59. The highest BCUT2D eigenvalue weighted by Gasteiger charge is 2.43. The minimum Gasteiger partial charge on any atom is -0.504 e. The minimum absolute atomic E-state index is 0.0263. The molecule has 10 nitrogen and oxygen atoms in total. The molecule has 0 spiro atoms. The Balaban J connectivity index is 1.58. The van der Waals surface area contributed by atoms with Crippen LogP contribution in [-0.2, 0) is 11.2 Å². The molecule has 0 aliphatic carbocycles. The zero-order valence-corrected chi connectivity index (χ0v) is 19.6. The molecule has 0 saturated carbocycles. The van der Waals surface area contributed by atoms with Crippen LogP contribution in [0.5, 0.6) is 23.0 Å². The lowest BCUT2D eigenvalue weighted by molar-refractivity contribution is -0.268. The van der Waals surface area contributed by atoms with Crippen LogP contribution in [0.2, 0.25) is 0 Å². The summed E-state index contributed by atoms with van der Waals surface area (Å²) in [6.07, 6.45) is -5.60. The summed E-state index contributed by atoms with van der Waals surface area (Å²) in [5, 5.41) is 60.0. The summed E-state index contributed by atoms with van der Waals surface area (Å²) in [5.74, 6) is 0.377. The van der Waals surface area contributed by atoms with Gasteiger partial charge < -0.3 is 49.6 Å². The van der Waals surface area contributed by atoms with Gasteiger partial charge in [0.1, 0.15) is 24.4 Å². The molecule has 192 valence electrons. The number of methoxy groups -OCH3 is 1. The zero-order chi connectivity index (χ0) is 25.3. The van der Waals surface area contributed by atoms with E-state index in [4.69, 9.17) is 24.1 Å². The van der Waals surface area contributed by atoms with Gasteiger partial charge in [-0.3, -0.25) is 0 Å². The van der Waals surface area contributed by atoms with Crippen LogP contribution in [-0.4, -0.2) is 81.7 Å². The van der Waals surface area contributed by atoms with Crippen molar-refractivity contribution in [2.75, 3.05) is 20.3 Å². The second-order valence-electron chi connectivity index (χ2n) is 8.90. The standard InChI is InChI=1S/C25H32O10/c1-12-20(29)21(30)22(31)25(33-12)34-18-6-5-14(10-19(18)32-2)23-16(11-27)15-8-13(4-3-7-26)9-17(28)24(15)35-23/h5-6,8-10,12,16,20-23,25-31H,3-4,7,11H2,1-2H3/t12-,16-,20-,21-,22-,23+,25+/m1/s1. The first-order valence-electron chi connectivity index (χ1n) is 11.6. The number of ether oxygens (including phenoxy) is 4. The van der Waals surface area contributed by atoms with Crippen molar-refractivity contribution in [3.8, 4) is 23.0 Å². The lowest BCUT2D eigenvalue weighted by Gasteiger charge is -2.39. The fraction of sp³-hybridized carbons (Fsp3) is 0.520. The molecule has 0 bridgehead atoms. The molecule has 1 fully saturated rings. The van der Waals surface area contributed by atoms with E-state index in [0.717, 1.165) is 5.56 Å². The summed E-state index contributed by atoms with van der Waals surface area (Å²) in [5.41, 5.74) is 2.19. The quantitative estimate of drug-likeness (QED) is 0.310. The Kier molecular flexibility index (Phi) is 7.70. The zero-order valence-electron chi connectivity index (χ0n) is 19.6. The SMILES string of the molecule is COc1cc([C@@H]2Oc3c(O)cc(CCCO)cc3[C@H]2CO)ccc1O[C@@H]1O[C@H](C)[C@@H](O)[C@@H](O)[C@H]1O. The largest absolute Gasteiger partial charge is 0.504 e. The average Bonchev–Trinajstić information content (AvgIpc) is 3.24.